The molecule has 5 heteroatoms. The molecule has 0 aliphatic heterocycles. The van der Waals surface area contributed by atoms with Crippen LogP contribution in [0.4, 0.5) is 5.69 Å². The monoisotopic (exact) mass is 415 g/mol. The smallest absolute Gasteiger partial charge is 0.193 e. The van der Waals surface area contributed by atoms with Crippen LogP contribution < -0.4 is 11.1 Å². The van der Waals surface area contributed by atoms with Gasteiger partial charge in [0.2, 0.25) is 0 Å². The number of halogens is 2. The molecule has 0 bridgehead atoms. The van der Waals surface area contributed by atoms with Crippen molar-refractivity contribution in [2.45, 2.75) is 12.8 Å². The Morgan fingerprint density at radius 3 is 2.43 bits per heavy atom. The van der Waals surface area contributed by atoms with Crippen LogP contribution in [0, 0.1) is 0 Å². The van der Waals surface area contributed by atoms with Gasteiger partial charge >= 0.3 is 0 Å². The molecule has 3 nitrogen and oxygen atoms in total. The molecule has 3 N–H and O–H groups in total. The third-order valence-electron chi connectivity index (χ3n) is 2.89. The summed E-state index contributed by atoms with van der Waals surface area (Å²) in [7, 11) is 0. The summed E-state index contributed by atoms with van der Waals surface area (Å²) in [6, 6.07) is 17.6. The molecule has 0 amide bonds. The summed E-state index contributed by atoms with van der Waals surface area (Å²) in [4.78, 5) is 4.30. The molecular formula is C16H19ClIN3. The highest BCUT2D eigenvalue weighted by Crippen LogP contribution is 2.16. The standard InChI is InChI=1S/C16H18ClN3.HI/c17-15-11-5-4-7-13(15)8-6-12-19-16(18)20-14-9-2-1-3-10-14;/h1-5,7,9-11H,6,8,12H2,(H3,18,19,20);1H. The van der Waals surface area contributed by atoms with E-state index >= 15 is 0 Å². The van der Waals surface area contributed by atoms with Crippen LogP contribution in [0.2, 0.25) is 5.02 Å². The van der Waals surface area contributed by atoms with Crippen molar-refractivity contribution in [3.63, 3.8) is 0 Å². The molecule has 112 valence electrons. The first-order valence-corrected chi connectivity index (χ1v) is 6.99. The predicted molar refractivity (Wildman–Crippen MR) is 102 cm³/mol. The molecule has 0 heterocycles. The van der Waals surface area contributed by atoms with E-state index in [0.717, 1.165) is 29.1 Å². The van der Waals surface area contributed by atoms with Gasteiger partial charge in [-0.25, -0.2) is 0 Å². The lowest BCUT2D eigenvalue weighted by Crippen LogP contribution is -2.22. The third kappa shape index (κ3) is 6.35. The van der Waals surface area contributed by atoms with Gasteiger partial charge in [0.05, 0.1) is 0 Å². The van der Waals surface area contributed by atoms with E-state index in [4.69, 9.17) is 17.3 Å². The zero-order chi connectivity index (χ0) is 14.2. The molecular weight excluding hydrogens is 397 g/mol. The molecule has 0 atom stereocenters. The number of benzene rings is 2. The van der Waals surface area contributed by atoms with Crippen molar-refractivity contribution in [1.82, 2.24) is 0 Å². The van der Waals surface area contributed by atoms with Crippen LogP contribution in [0.3, 0.4) is 0 Å². The van der Waals surface area contributed by atoms with E-state index in [1.165, 1.54) is 0 Å². The van der Waals surface area contributed by atoms with Crippen LogP contribution in [0.5, 0.6) is 0 Å². The quantitative estimate of drug-likeness (QED) is 0.331. The summed E-state index contributed by atoms with van der Waals surface area (Å²) < 4.78 is 0. The van der Waals surface area contributed by atoms with Crippen molar-refractivity contribution in [2.75, 3.05) is 11.9 Å². The number of aryl methyl sites for hydroxylation is 1. The lowest BCUT2D eigenvalue weighted by Gasteiger charge is -2.05. The van der Waals surface area contributed by atoms with E-state index in [0.29, 0.717) is 12.5 Å². The molecule has 2 aromatic carbocycles. The van der Waals surface area contributed by atoms with Crippen LogP contribution in [-0.4, -0.2) is 12.5 Å². The van der Waals surface area contributed by atoms with Gasteiger partial charge < -0.3 is 11.1 Å². The van der Waals surface area contributed by atoms with Crippen LogP contribution in [0.15, 0.2) is 59.6 Å². The van der Waals surface area contributed by atoms with Crippen LogP contribution in [0.25, 0.3) is 0 Å². The van der Waals surface area contributed by atoms with Crippen molar-refractivity contribution in [3.05, 3.63) is 65.2 Å². The molecule has 0 saturated carbocycles. The number of hydrogen-bond acceptors (Lipinski definition) is 1. The second-order valence-corrected chi connectivity index (χ2v) is 4.86. The van der Waals surface area contributed by atoms with E-state index in [1.54, 1.807) is 0 Å². The molecule has 0 spiro atoms. The van der Waals surface area contributed by atoms with E-state index < -0.39 is 0 Å². The Morgan fingerprint density at radius 1 is 1.05 bits per heavy atom. The van der Waals surface area contributed by atoms with E-state index in [9.17, 15) is 0 Å². The molecule has 0 aromatic heterocycles. The van der Waals surface area contributed by atoms with Gasteiger partial charge in [0.1, 0.15) is 0 Å². The van der Waals surface area contributed by atoms with Gasteiger partial charge in [-0.3, -0.25) is 4.99 Å². The second kappa shape index (κ2) is 9.63. The zero-order valence-corrected chi connectivity index (χ0v) is 14.7. The number of anilines is 1. The Bertz CT molecular complexity index is 573. The minimum absolute atomic E-state index is 0. The van der Waals surface area contributed by atoms with Gasteiger partial charge in [0, 0.05) is 17.3 Å². The van der Waals surface area contributed by atoms with Crippen LogP contribution in [0.1, 0.15) is 12.0 Å². The molecule has 0 aliphatic rings. The van der Waals surface area contributed by atoms with E-state index in [1.807, 2.05) is 54.6 Å². The lowest BCUT2D eigenvalue weighted by molar-refractivity contribution is 0.832. The van der Waals surface area contributed by atoms with Crippen molar-refractivity contribution in [1.29, 1.82) is 0 Å². The molecule has 0 radical (unpaired) electrons. The first-order chi connectivity index (χ1) is 9.75. The minimum atomic E-state index is 0. The first kappa shape index (κ1) is 17.8. The number of para-hydroxylation sites is 1. The zero-order valence-electron chi connectivity index (χ0n) is 11.6. The number of rotatable bonds is 5. The molecule has 0 aliphatic carbocycles. The van der Waals surface area contributed by atoms with E-state index in [2.05, 4.69) is 10.3 Å². The fourth-order valence-corrected chi connectivity index (χ4v) is 2.11. The summed E-state index contributed by atoms with van der Waals surface area (Å²) in [5.41, 5.74) is 7.92. The van der Waals surface area contributed by atoms with Gasteiger partial charge in [0.25, 0.3) is 0 Å². The maximum absolute atomic E-state index is 6.10. The average molecular weight is 416 g/mol. The highest BCUT2D eigenvalue weighted by atomic mass is 127. The summed E-state index contributed by atoms with van der Waals surface area (Å²) >= 11 is 6.10. The lowest BCUT2D eigenvalue weighted by atomic mass is 10.1. The van der Waals surface area contributed by atoms with Gasteiger partial charge in [0.15, 0.2) is 5.96 Å². The molecule has 0 saturated heterocycles. The van der Waals surface area contributed by atoms with Crippen molar-refractivity contribution in [2.24, 2.45) is 10.7 Å². The second-order valence-electron chi connectivity index (χ2n) is 4.45. The fraction of sp³-hybridized carbons (Fsp3) is 0.188. The predicted octanol–water partition coefficient (Wildman–Crippen LogP) is 4.32. The fourth-order valence-electron chi connectivity index (χ4n) is 1.88. The Morgan fingerprint density at radius 2 is 1.71 bits per heavy atom. The Hall–Kier alpha value is -1.27. The molecule has 21 heavy (non-hydrogen) atoms. The summed E-state index contributed by atoms with van der Waals surface area (Å²) in [6.07, 6.45) is 1.82. The topological polar surface area (TPSA) is 50.4 Å². The normalized spacial score (nSPS) is 10.8. The molecule has 2 rings (SSSR count). The average Bonchev–Trinajstić information content (AvgIpc) is 2.46. The summed E-state index contributed by atoms with van der Waals surface area (Å²) in [5, 5.41) is 3.87. The summed E-state index contributed by atoms with van der Waals surface area (Å²) in [6.45, 7) is 0.677. The van der Waals surface area contributed by atoms with E-state index in [-0.39, 0.29) is 24.0 Å². The van der Waals surface area contributed by atoms with Gasteiger partial charge in [-0.1, -0.05) is 48.0 Å². The van der Waals surface area contributed by atoms with Crippen molar-refractivity contribution in [3.8, 4) is 0 Å². The molecule has 2 aromatic rings. The van der Waals surface area contributed by atoms with Crippen LogP contribution in [-0.2, 0) is 6.42 Å². The maximum Gasteiger partial charge on any atom is 0.193 e. The van der Waals surface area contributed by atoms with Crippen LogP contribution >= 0.6 is 35.6 Å². The summed E-state index contributed by atoms with van der Waals surface area (Å²) in [5.74, 6) is 0.440. The number of hydrogen-bond donors (Lipinski definition) is 2. The molecule has 0 fully saturated rings. The minimum Gasteiger partial charge on any atom is -0.370 e. The number of nitrogens with zero attached hydrogens (tertiary/aromatic N) is 1. The Kier molecular flexibility index (Phi) is 8.15. The van der Waals surface area contributed by atoms with Gasteiger partial charge in [-0.05, 0) is 36.6 Å². The van der Waals surface area contributed by atoms with Gasteiger partial charge in [-0.2, -0.15) is 0 Å². The first-order valence-electron chi connectivity index (χ1n) is 6.61. The highest BCUT2D eigenvalue weighted by molar-refractivity contribution is 14.0. The third-order valence-corrected chi connectivity index (χ3v) is 3.26. The number of aliphatic imine (C=N–C) groups is 1. The maximum atomic E-state index is 6.10. The molecule has 0 unspecified atom stereocenters. The van der Waals surface area contributed by atoms with Crippen molar-refractivity contribution < 1.29 is 0 Å². The number of nitrogens with one attached hydrogen (secondary N) is 1. The Labute approximate surface area is 147 Å². The number of guanidine groups is 1. The Balaban J connectivity index is 0.00000220. The SMILES string of the molecule is I.NC(=NCCCc1ccccc1Cl)Nc1ccccc1. The highest BCUT2D eigenvalue weighted by Gasteiger charge is 1.98. The number of nitrogens with two attached hydrogens (primary N) is 1. The van der Waals surface area contributed by atoms with Crippen molar-refractivity contribution >= 4 is 47.2 Å². The largest absolute Gasteiger partial charge is 0.370 e. The van der Waals surface area contributed by atoms with Gasteiger partial charge in [-0.15, -0.1) is 24.0 Å².